The van der Waals surface area contributed by atoms with Gasteiger partial charge in [-0.3, -0.25) is 9.59 Å². The highest BCUT2D eigenvalue weighted by Gasteiger charge is 2.29. The molecule has 1 aliphatic heterocycles. The Kier molecular flexibility index (Phi) is 6.89. The summed E-state index contributed by atoms with van der Waals surface area (Å²) in [7, 11) is 0. The Balaban J connectivity index is 2.15. The van der Waals surface area contributed by atoms with Crippen LogP contribution >= 0.6 is 0 Å². The first-order valence-corrected chi connectivity index (χ1v) is 8.77. The quantitative estimate of drug-likeness (QED) is 0.608. The monoisotopic (exact) mass is 352 g/mol. The Labute approximate surface area is 147 Å². The van der Waals surface area contributed by atoms with Gasteiger partial charge in [-0.05, 0) is 18.8 Å². The minimum absolute atomic E-state index is 0.101. The Hall–Kier alpha value is -2.00. The molecule has 0 radical (unpaired) electrons. The van der Waals surface area contributed by atoms with E-state index in [4.69, 9.17) is 10.8 Å². The zero-order valence-electron chi connectivity index (χ0n) is 14.9. The average molecular weight is 352 g/mol. The molecule has 1 aromatic heterocycles. The molecule has 2 atom stereocenters. The largest absolute Gasteiger partial charge is 0.481 e. The predicted molar refractivity (Wildman–Crippen MR) is 91.8 cm³/mol. The van der Waals surface area contributed by atoms with E-state index in [9.17, 15) is 9.59 Å². The summed E-state index contributed by atoms with van der Waals surface area (Å²) in [5, 5.41) is 20.4. The van der Waals surface area contributed by atoms with E-state index in [0.717, 1.165) is 19.5 Å². The van der Waals surface area contributed by atoms with Crippen molar-refractivity contribution < 1.29 is 14.7 Å². The van der Waals surface area contributed by atoms with Crippen molar-refractivity contribution in [2.75, 3.05) is 26.2 Å². The van der Waals surface area contributed by atoms with Crippen LogP contribution < -0.4 is 11.1 Å². The molecule has 140 valence electrons. The van der Waals surface area contributed by atoms with Crippen molar-refractivity contribution in [2.45, 2.75) is 45.2 Å². The van der Waals surface area contributed by atoms with E-state index in [1.807, 2.05) is 0 Å². The number of amides is 1. The third kappa shape index (κ3) is 5.50. The van der Waals surface area contributed by atoms with E-state index >= 15 is 0 Å². The summed E-state index contributed by atoms with van der Waals surface area (Å²) < 4.78 is 1.48. The minimum Gasteiger partial charge on any atom is -0.481 e. The molecule has 0 bridgehead atoms. The molecular formula is C16H28N6O3. The number of rotatable bonds is 8. The number of hydrogen-bond acceptors (Lipinski definition) is 6. The lowest BCUT2D eigenvalue weighted by molar-refractivity contribution is -0.139. The number of carboxylic acids is 1. The van der Waals surface area contributed by atoms with Crippen LogP contribution in [0.2, 0.25) is 0 Å². The molecule has 9 heteroatoms. The number of aliphatic carboxylic acids is 1. The Morgan fingerprint density at radius 1 is 1.36 bits per heavy atom. The van der Waals surface area contributed by atoms with Crippen molar-refractivity contribution in [1.82, 2.24) is 25.2 Å². The van der Waals surface area contributed by atoms with Crippen LogP contribution in [0.25, 0.3) is 0 Å². The number of hydrogen-bond donors (Lipinski definition) is 3. The number of piperazine rings is 1. The molecule has 1 amide bonds. The number of nitrogens with two attached hydrogens (primary N) is 1. The summed E-state index contributed by atoms with van der Waals surface area (Å²) in [4.78, 5) is 25.6. The van der Waals surface area contributed by atoms with E-state index in [2.05, 4.69) is 29.5 Å². The molecule has 0 aromatic carbocycles. The average Bonchev–Trinajstić information content (AvgIpc) is 3.04. The maximum absolute atomic E-state index is 12.9. The molecule has 2 rings (SSSR count). The Morgan fingerprint density at radius 3 is 2.64 bits per heavy atom. The Bertz CT molecular complexity index is 582. The lowest BCUT2D eigenvalue weighted by atomic mass is 10.0. The van der Waals surface area contributed by atoms with E-state index in [0.29, 0.717) is 24.7 Å². The van der Waals surface area contributed by atoms with Gasteiger partial charge in [0.2, 0.25) is 5.91 Å². The fraction of sp³-hybridized carbons (Fsp3) is 0.750. The number of nitrogens with one attached hydrogen (secondary N) is 1. The van der Waals surface area contributed by atoms with Crippen molar-refractivity contribution >= 4 is 11.9 Å². The zero-order valence-corrected chi connectivity index (χ0v) is 14.9. The van der Waals surface area contributed by atoms with Gasteiger partial charge in [0.1, 0.15) is 6.04 Å². The molecule has 25 heavy (non-hydrogen) atoms. The van der Waals surface area contributed by atoms with Crippen LogP contribution in [-0.2, 0) is 9.59 Å². The summed E-state index contributed by atoms with van der Waals surface area (Å²) in [5.41, 5.74) is 6.76. The summed E-state index contributed by atoms with van der Waals surface area (Å²) in [6, 6.07) is -0.912. The van der Waals surface area contributed by atoms with E-state index in [-0.39, 0.29) is 24.8 Å². The van der Waals surface area contributed by atoms with Gasteiger partial charge in [-0.25, -0.2) is 4.68 Å². The van der Waals surface area contributed by atoms with Crippen molar-refractivity contribution in [3.8, 4) is 0 Å². The highest BCUT2D eigenvalue weighted by atomic mass is 16.4. The van der Waals surface area contributed by atoms with Gasteiger partial charge in [-0.1, -0.05) is 19.1 Å². The second-order valence-corrected chi connectivity index (χ2v) is 6.88. The summed E-state index contributed by atoms with van der Waals surface area (Å²) in [5.74, 6) is -0.628. The number of aromatic nitrogens is 3. The van der Waals surface area contributed by atoms with Crippen LogP contribution in [-0.4, -0.2) is 63.1 Å². The molecule has 0 aliphatic carbocycles. The molecule has 0 unspecified atom stereocenters. The fourth-order valence-corrected chi connectivity index (χ4v) is 2.97. The highest BCUT2D eigenvalue weighted by Crippen LogP contribution is 2.21. The molecule has 1 aliphatic rings. The lowest BCUT2D eigenvalue weighted by Gasteiger charge is -2.30. The van der Waals surface area contributed by atoms with Crippen molar-refractivity contribution in [3.63, 3.8) is 0 Å². The van der Waals surface area contributed by atoms with Crippen LogP contribution in [0, 0.1) is 5.92 Å². The first-order chi connectivity index (χ1) is 11.9. The van der Waals surface area contributed by atoms with Crippen molar-refractivity contribution in [3.05, 3.63) is 11.9 Å². The van der Waals surface area contributed by atoms with Gasteiger partial charge >= 0.3 is 5.97 Å². The van der Waals surface area contributed by atoms with Crippen LogP contribution in [0.4, 0.5) is 0 Å². The fourth-order valence-electron chi connectivity index (χ4n) is 2.97. The molecule has 2 heterocycles. The van der Waals surface area contributed by atoms with Gasteiger partial charge in [0, 0.05) is 32.6 Å². The van der Waals surface area contributed by atoms with Crippen LogP contribution in [0.15, 0.2) is 6.20 Å². The van der Waals surface area contributed by atoms with Crippen molar-refractivity contribution in [1.29, 1.82) is 0 Å². The standard InChI is InChI=1S/C16H28N6O3/c1-11(2)9-12(17)13-10-22(20-19-13)14(3-4-15(23)24)16(25)21-7-5-18-6-8-21/h10-12,14,18H,3-9,17H2,1-2H3,(H,23,24)/t12-,14-/m0/s1. The van der Waals surface area contributed by atoms with E-state index in [1.165, 1.54) is 4.68 Å². The maximum atomic E-state index is 12.9. The smallest absolute Gasteiger partial charge is 0.303 e. The van der Waals surface area contributed by atoms with Gasteiger partial charge < -0.3 is 21.1 Å². The maximum Gasteiger partial charge on any atom is 0.303 e. The number of nitrogens with zero attached hydrogens (tertiary/aromatic N) is 4. The highest BCUT2D eigenvalue weighted by molar-refractivity contribution is 5.81. The third-order valence-electron chi connectivity index (χ3n) is 4.30. The first-order valence-electron chi connectivity index (χ1n) is 8.77. The Morgan fingerprint density at radius 2 is 2.04 bits per heavy atom. The summed E-state index contributed by atoms with van der Waals surface area (Å²) >= 11 is 0. The number of carbonyl (C=O) groups is 2. The van der Waals surface area contributed by atoms with Gasteiger partial charge in [-0.15, -0.1) is 5.10 Å². The molecule has 1 fully saturated rings. The predicted octanol–water partition coefficient (Wildman–Crippen LogP) is 0.162. The topological polar surface area (TPSA) is 126 Å². The second kappa shape index (κ2) is 8.91. The second-order valence-electron chi connectivity index (χ2n) is 6.88. The van der Waals surface area contributed by atoms with Gasteiger partial charge in [0.15, 0.2) is 0 Å². The molecule has 0 spiro atoms. The first kappa shape index (κ1) is 19.3. The van der Waals surface area contributed by atoms with Crippen LogP contribution in [0.1, 0.15) is 50.9 Å². The normalized spacial score (nSPS) is 17.5. The van der Waals surface area contributed by atoms with E-state index < -0.39 is 12.0 Å². The zero-order chi connectivity index (χ0) is 18.4. The molecule has 4 N–H and O–H groups in total. The van der Waals surface area contributed by atoms with Crippen molar-refractivity contribution in [2.24, 2.45) is 11.7 Å². The minimum atomic E-state index is -0.935. The van der Waals surface area contributed by atoms with E-state index in [1.54, 1.807) is 11.1 Å². The summed E-state index contributed by atoms with van der Waals surface area (Å²) in [6.45, 7) is 6.84. The molecule has 1 aromatic rings. The molecular weight excluding hydrogens is 324 g/mol. The van der Waals surface area contributed by atoms with Crippen LogP contribution in [0.5, 0.6) is 0 Å². The van der Waals surface area contributed by atoms with Gasteiger partial charge in [-0.2, -0.15) is 0 Å². The number of carbonyl (C=O) groups excluding carboxylic acids is 1. The number of carboxylic acid groups (broad SMARTS) is 1. The SMILES string of the molecule is CC(C)C[C@H](N)c1cn([C@@H](CCC(=O)O)C(=O)N2CCNCC2)nn1. The molecule has 0 saturated carbocycles. The van der Waals surface area contributed by atoms with Crippen LogP contribution in [0.3, 0.4) is 0 Å². The summed E-state index contributed by atoms with van der Waals surface area (Å²) in [6.07, 6.45) is 2.53. The van der Waals surface area contributed by atoms with Gasteiger partial charge in [0.25, 0.3) is 0 Å². The van der Waals surface area contributed by atoms with Gasteiger partial charge in [0.05, 0.1) is 17.9 Å². The molecule has 1 saturated heterocycles. The molecule has 9 nitrogen and oxygen atoms in total. The third-order valence-corrected chi connectivity index (χ3v) is 4.30. The lowest BCUT2D eigenvalue weighted by Crippen LogP contribution is -2.48.